The third kappa shape index (κ3) is 3.51. The number of amides is 2. The predicted octanol–water partition coefficient (Wildman–Crippen LogP) is 4.27. The number of likely N-dealkylation sites (tertiary alicyclic amines) is 1. The molecule has 0 aliphatic carbocycles. The smallest absolute Gasteiger partial charge is 0.324 e. The quantitative estimate of drug-likeness (QED) is 0.639. The van der Waals surface area contributed by atoms with Crippen molar-refractivity contribution in [1.29, 1.82) is 0 Å². The molecule has 3 aromatic rings. The fourth-order valence-corrected chi connectivity index (χ4v) is 4.10. The van der Waals surface area contributed by atoms with Gasteiger partial charge >= 0.3 is 11.7 Å². The summed E-state index contributed by atoms with van der Waals surface area (Å²) in [5, 5.41) is 2.94. The Morgan fingerprint density at radius 1 is 1.15 bits per heavy atom. The molecule has 27 heavy (non-hydrogen) atoms. The number of halogens is 1. The van der Waals surface area contributed by atoms with Crippen LogP contribution in [0.1, 0.15) is 24.4 Å². The van der Waals surface area contributed by atoms with Crippen LogP contribution in [0.3, 0.4) is 0 Å². The average Bonchev–Trinajstić information content (AvgIpc) is 3.01. The first-order valence-corrected chi connectivity index (χ1v) is 9.83. The van der Waals surface area contributed by atoms with Crippen LogP contribution in [0.5, 0.6) is 0 Å². The minimum absolute atomic E-state index is 0.0870. The van der Waals surface area contributed by atoms with E-state index >= 15 is 0 Å². The van der Waals surface area contributed by atoms with E-state index in [1.807, 2.05) is 58.9 Å². The first kappa shape index (κ1) is 17.9. The maximum atomic E-state index is 12.5. The molecule has 1 saturated heterocycles. The number of benzene rings is 2. The number of rotatable bonds is 2. The van der Waals surface area contributed by atoms with Crippen molar-refractivity contribution in [3.05, 3.63) is 63.0 Å². The van der Waals surface area contributed by atoms with Crippen LogP contribution >= 0.6 is 15.9 Å². The lowest BCUT2D eigenvalue weighted by Gasteiger charge is -2.32. The number of urea groups is 1. The van der Waals surface area contributed by atoms with Crippen LogP contribution in [0.15, 0.2) is 51.7 Å². The second-order valence-electron chi connectivity index (χ2n) is 6.95. The number of para-hydroxylation sites is 1. The molecule has 2 N–H and O–H groups in total. The van der Waals surface area contributed by atoms with Crippen molar-refractivity contribution in [1.82, 2.24) is 14.5 Å². The summed E-state index contributed by atoms with van der Waals surface area (Å²) in [6.07, 6.45) is 1.50. The van der Waals surface area contributed by atoms with E-state index in [1.54, 1.807) is 0 Å². The Labute approximate surface area is 165 Å². The largest absolute Gasteiger partial charge is 0.326 e. The maximum Gasteiger partial charge on any atom is 0.326 e. The van der Waals surface area contributed by atoms with Gasteiger partial charge in [-0.1, -0.05) is 23.8 Å². The Balaban J connectivity index is 1.45. The van der Waals surface area contributed by atoms with E-state index in [1.165, 1.54) is 0 Å². The summed E-state index contributed by atoms with van der Waals surface area (Å²) in [5.74, 6) is 0. The van der Waals surface area contributed by atoms with Crippen LogP contribution in [-0.4, -0.2) is 33.6 Å². The highest BCUT2D eigenvalue weighted by atomic mass is 79.9. The standard InChI is InChI=1S/C20H21BrN4O2/c1-13-5-7-14(8-6-13)22-19(26)24-11-9-15(10-12-24)25-17-4-2-3-16(21)18(17)23-20(25)27/h2-8,15H,9-12H2,1H3,(H,22,26)(H,23,27). The summed E-state index contributed by atoms with van der Waals surface area (Å²) in [5.41, 5.74) is 3.58. The van der Waals surface area contributed by atoms with Crippen molar-refractivity contribution in [3.63, 3.8) is 0 Å². The van der Waals surface area contributed by atoms with E-state index in [2.05, 4.69) is 26.2 Å². The van der Waals surface area contributed by atoms with E-state index < -0.39 is 0 Å². The minimum atomic E-state index is -0.0977. The molecule has 0 saturated carbocycles. The molecule has 2 aromatic carbocycles. The van der Waals surface area contributed by atoms with E-state index in [0.717, 1.165) is 39.6 Å². The molecule has 0 bridgehead atoms. The number of carbonyl (C=O) groups is 1. The highest BCUT2D eigenvalue weighted by Crippen LogP contribution is 2.28. The van der Waals surface area contributed by atoms with Gasteiger partial charge < -0.3 is 15.2 Å². The number of fused-ring (bicyclic) bond motifs is 1. The van der Waals surface area contributed by atoms with Gasteiger partial charge in [0.2, 0.25) is 0 Å². The summed E-state index contributed by atoms with van der Waals surface area (Å²) in [4.78, 5) is 29.7. The third-order valence-electron chi connectivity index (χ3n) is 5.12. The molecule has 0 atom stereocenters. The lowest BCUT2D eigenvalue weighted by molar-refractivity contribution is 0.184. The van der Waals surface area contributed by atoms with Crippen LogP contribution < -0.4 is 11.0 Å². The van der Waals surface area contributed by atoms with Crippen LogP contribution in [0.4, 0.5) is 10.5 Å². The molecule has 1 aliphatic rings. The van der Waals surface area contributed by atoms with Gasteiger partial charge in [-0.15, -0.1) is 0 Å². The minimum Gasteiger partial charge on any atom is -0.324 e. The number of imidazole rings is 1. The maximum absolute atomic E-state index is 12.5. The molecule has 2 heterocycles. The molecule has 1 aromatic heterocycles. The highest BCUT2D eigenvalue weighted by Gasteiger charge is 2.26. The fraction of sp³-hybridized carbons (Fsp3) is 0.300. The van der Waals surface area contributed by atoms with Crippen molar-refractivity contribution in [2.45, 2.75) is 25.8 Å². The number of hydrogen-bond acceptors (Lipinski definition) is 2. The number of carbonyl (C=O) groups excluding carboxylic acids is 1. The lowest BCUT2D eigenvalue weighted by Crippen LogP contribution is -2.42. The lowest BCUT2D eigenvalue weighted by atomic mass is 10.0. The van der Waals surface area contributed by atoms with Gasteiger partial charge in [0.15, 0.2) is 0 Å². The Hall–Kier alpha value is -2.54. The number of nitrogens with zero attached hydrogens (tertiary/aromatic N) is 2. The van der Waals surface area contributed by atoms with Gasteiger partial charge in [-0.25, -0.2) is 9.59 Å². The van der Waals surface area contributed by atoms with Crippen LogP contribution in [0, 0.1) is 6.92 Å². The number of H-pyrrole nitrogens is 1. The Morgan fingerprint density at radius 3 is 2.56 bits per heavy atom. The summed E-state index contributed by atoms with van der Waals surface area (Å²) in [6.45, 7) is 3.26. The molecule has 4 rings (SSSR count). The van der Waals surface area contributed by atoms with Crippen molar-refractivity contribution in [2.75, 3.05) is 18.4 Å². The molecule has 1 fully saturated rings. The number of anilines is 1. The second-order valence-corrected chi connectivity index (χ2v) is 7.80. The molecule has 140 valence electrons. The summed E-state index contributed by atoms with van der Waals surface area (Å²) < 4.78 is 2.71. The molecule has 2 amide bonds. The van der Waals surface area contributed by atoms with Crippen molar-refractivity contribution >= 4 is 38.7 Å². The van der Waals surface area contributed by atoms with Crippen molar-refractivity contribution in [3.8, 4) is 0 Å². The van der Waals surface area contributed by atoms with Crippen molar-refractivity contribution in [2.24, 2.45) is 0 Å². The zero-order valence-corrected chi connectivity index (χ0v) is 16.6. The van der Waals surface area contributed by atoms with E-state index in [0.29, 0.717) is 13.1 Å². The summed E-state index contributed by atoms with van der Waals surface area (Å²) in [6, 6.07) is 13.6. The van der Waals surface area contributed by atoms with Crippen LogP contribution in [0.25, 0.3) is 11.0 Å². The number of hydrogen-bond donors (Lipinski definition) is 2. The third-order valence-corrected chi connectivity index (χ3v) is 5.78. The Bertz CT molecular complexity index is 1030. The normalized spacial score (nSPS) is 15.3. The van der Waals surface area contributed by atoms with Gasteiger partial charge in [0, 0.05) is 29.3 Å². The first-order valence-electron chi connectivity index (χ1n) is 9.04. The molecule has 1 aliphatic heterocycles. The molecule has 0 radical (unpaired) electrons. The van der Waals surface area contributed by atoms with Gasteiger partial charge in [0.25, 0.3) is 0 Å². The van der Waals surface area contributed by atoms with Gasteiger partial charge in [0.05, 0.1) is 11.0 Å². The predicted molar refractivity (Wildman–Crippen MR) is 110 cm³/mol. The highest BCUT2D eigenvalue weighted by molar-refractivity contribution is 9.10. The van der Waals surface area contributed by atoms with Crippen molar-refractivity contribution < 1.29 is 4.79 Å². The molecular weight excluding hydrogens is 408 g/mol. The number of aromatic amines is 1. The van der Waals surface area contributed by atoms with E-state index in [-0.39, 0.29) is 17.8 Å². The topological polar surface area (TPSA) is 70.1 Å². The number of piperidine rings is 1. The Kier molecular flexibility index (Phi) is 4.78. The molecule has 7 heteroatoms. The molecule has 0 spiro atoms. The SMILES string of the molecule is Cc1ccc(NC(=O)N2CCC(n3c(=O)[nH]c4c(Br)cccc43)CC2)cc1. The Morgan fingerprint density at radius 2 is 1.85 bits per heavy atom. The number of aryl methyl sites for hydroxylation is 1. The molecule has 0 unspecified atom stereocenters. The van der Waals surface area contributed by atoms with Gasteiger partial charge in [0.1, 0.15) is 0 Å². The molecular formula is C20H21BrN4O2. The number of aromatic nitrogens is 2. The van der Waals surface area contributed by atoms with Crippen LogP contribution in [0.2, 0.25) is 0 Å². The van der Waals surface area contributed by atoms with E-state index in [9.17, 15) is 9.59 Å². The zero-order chi connectivity index (χ0) is 19.0. The zero-order valence-electron chi connectivity index (χ0n) is 15.0. The average molecular weight is 429 g/mol. The second kappa shape index (κ2) is 7.23. The van der Waals surface area contributed by atoms with Gasteiger partial charge in [-0.05, 0) is 60.0 Å². The molecule has 6 nitrogen and oxygen atoms in total. The van der Waals surface area contributed by atoms with Gasteiger partial charge in [-0.2, -0.15) is 0 Å². The van der Waals surface area contributed by atoms with Gasteiger partial charge in [-0.3, -0.25) is 4.57 Å². The monoisotopic (exact) mass is 428 g/mol. The first-order chi connectivity index (χ1) is 13.0. The number of nitrogens with one attached hydrogen (secondary N) is 2. The van der Waals surface area contributed by atoms with Crippen LogP contribution in [-0.2, 0) is 0 Å². The summed E-state index contributed by atoms with van der Waals surface area (Å²) in [7, 11) is 0. The summed E-state index contributed by atoms with van der Waals surface area (Å²) >= 11 is 3.49. The fourth-order valence-electron chi connectivity index (χ4n) is 3.64. The van der Waals surface area contributed by atoms with E-state index in [4.69, 9.17) is 0 Å².